The Kier molecular flexibility index (Phi) is 8.66. The number of rotatable bonds is 4. The number of hydrogen-bond donors (Lipinski definition) is 2. The highest BCUT2D eigenvalue weighted by atomic mass is 35.5. The van der Waals surface area contributed by atoms with E-state index >= 15 is 0 Å². The van der Waals surface area contributed by atoms with Crippen molar-refractivity contribution in [1.82, 2.24) is 15.3 Å². The largest absolute Gasteiger partial charge is 0.351 e. The smallest absolute Gasteiger partial charge is 0.227 e. The molecule has 1 aromatic rings. The van der Waals surface area contributed by atoms with E-state index in [1.54, 1.807) is 18.5 Å². The van der Waals surface area contributed by atoms with Crippen LogP contribution in [0.5, 0.6) is 0 Å². The summed E-state index contributed by atoms with van der Waals surface area (Å²) in [7, 11) is 0. The van der Waals surface area contributed by atoms with Gasteiger partial charge in [-0.2, -0.15) is 0 Å². The third-order valence-corrected chi connectivity index (χ3v) is 3.72. The van der Waals surface area contributed by atoms with Crippen LogP contribution >= 0.6 is 24.8 Å². The first kappa shape index (κ1) is 20.9. The van der Waals surface area contributed by atoms with Crippen LogP contribution in [0, 0.1) is 5.41 Å². The molecule has 8 heteroatoms. The van der Waals surface area contributed by atoms with Crippen LogP contribution in [0.25, 0.3) is 0 Å². The molecule has 0 aliphatic carbocycles. The Morgan fingerprint density at radius 2 is 2.05 bits per heavy atom. The fourth-order valence-electron chi connectivity index (χ4n) is 2.20. The summed E-state index contributed by atoms with van der Waals surface area (Å²) >= 11 is 0. The van der Waals surface area contributed by atoms with Crippen LogP contribution in [0.1, 0.15) is 26.7 Å². The summed E-state index contributed by atoms with van der Waals surface area (Å²) in [5, 5.41) is 3.09. The number of piperidine rings is 1. The van der Waals surface area contributed by atoms with E-state index in [0.717, 1.165) is 31.9 Å². The lowest BCUT2D eigenvalue weighted by Crippen LogP contribution is -2.52. The number of aromatic nitrogens is 2. The number of anilines is 1. The van der Waals surface area contributed by atoms with E-state index in [2.05, 4.69) is 20.2 Å². The van der Waals surface area contributed by atoms with Gasteiger partial charge >= 0.3 is 0 Å². The number of nitrogens with zero attached hydrogens (tertiary/aromatic N) is 3. The molecule has 1 amide bonds. The molecule has 2 rings (SSSR count). The summed E-state index contributed by atoms with van der Waals surface area (Å²) < 4.78 is 0. The number of halogens is 2. The van der Waals surface area contributed by atoms with Crippen molar-refractivity contribution in [2.24, 2.45) is 11.1 Å². The lowest BCUT2D eigenvalue weighted by molar-refractivity contribution is -0.129. The molecule has 2 heterocycles. The molecule has 1 fully saturated rings. The molecule has 1 atom stereocenters. The van der Waals surface area contributed by atoms with Gasteiger partial charge in [0.15, 0.2) is 0 Å². The second-order valence-corrected chi connectivity index (χ2v) is 5.90. The molecule has 0 spiro atoms. The van der Waals surface area contributed by atoms with Gasteiger partial charge in [0.25, 0.3) is 0 Å². The molecule has 3 N–H and O–H groups in total. The molecular weight excluding hydrogens is 325 g/mol. The molecule has 1 aliphatic rings. The SMILES string of the molecule is CC(C)(CN)C(=O)NC1CCCN(c2ncccn2)C1.Cl.Cl. The molecule has 0 saturated carbocycles. The standard InChI is InChI=1S/C14H23N5O.2ClH/c1-14(2,10-15)12(20)18-11-5-3-8-19(9-11)13-16-6-4-7-17-13;;/h4,6-7,11H,3,5,8-10,15H2,1-2H3,(H,18,20);2*1H. The zero-order valence-electron chi connectivity index (χ0n) is 13.0. The van der Waals surface area contributed by atoms with Crippen molar-refractivity contribution < 1.29 is 4.79 Å². The molecule has 126 valence electrons. The fourth-order valence-corrected chi connectivity index (χ4v) is 2.20. The van der Waals surface area contributed by atoms with E-state index in [4.69, 9.17) is 5.73 Å². The van der Waals surface area contributed by atoms with Crippen LogP contribution in [0.4, 0.5) is 5.95 Å². The second-order valence-electron chi connectivity index (χ2n) is 5.90. The van der Waals surface area contributed by atoms with E-state index in [1.807, 2.05) is 13.8 Å². The molecule has 6 nitrogen and oxygen atoms in total. The van der Waals surface area contributed by atoms with Crippen molar-refractivity contribution in [3.05, 3.63) is 18.5 Å². The van der Waals surface area contributed by atoms with E-state index in [-0.39, 0.29) is 36.8 Å². The summed E-state index contributed by atoms with van der Waals surface area (Å²) in [6.07, 6.45) is 5.48. The van der Waals surface area contributed by atoms with Crippen LogP contribution in [0.15, 0.2) is 18.5 Å². The Morgan fingerprint density at radius 1 is 1.41 bits per heavy atom. The summed E-state index contributed by atoms with van der Waals surface area (Å²) in [5.41, 5.74) is 5.12. The van der Waals surface area contributed by atoms with Gasteiger partial charge in [-0.05, 0) is 32.8 Å². The Labute approximate surface area is 144 Å². The Bertz CT molecular complexity index is 458. The molecule has 1 unspecified atom stereocenters. The van der Waals surface area contributed by atoms with Gasteiger partial charge in [0.1, 0.15) is 0 Å². The molecule has 1 saturated heterocycles. The lowest BCUT2D eigenvalue weighted by atomic mass is 9.91. The van der Waals surface area contributed by atoms with Crippen molar-refractivity contribution >= 4 is 36.7 Å². The zero-order chi connectivity index (χ0) is 14.6. The monoisotopic (exact) mass is 349 g/mol. The number of hydrogen-bond acceptors (Lipinski definition) is 5. The van der Waals surface area contributed by atoms with Crippen molar-refractivity contribution in [3.8, 4) is 0 Å². The van der Waals surface area contributed by atoms with Gasteiger partial charge in [0.05, 0.1) is 5.41 Å². The van der Waals surface area contributed by atoms with Crippen LogP contribution in [-0.2, 0) is 4.79 Å². The van der Waals surface area contributed by atoms with Gasteiger partial charge in [0.2, 0.25) is 11.9 Å². The number of carbonyl (C=O) groups excluding carboxylic acids is 1. The first-order valence-electron chi connectivity index (χ1n) is 7.06. The Morgan fingerprint density at radius 3 is 2.64 bits per heavy atom. The molecule has 0 aromatic carbocycles. The van der Waals surface area contributed by atoms with Gasteiger partial charge in [-0.3, -0.25) is 4.79 Å². The summed E-state index contributed by atoms with van der Waals surface area (Å²) in [5.74, 6) is 0.741. The summed E-state index contributed by atoms with van der Waals surface area (Å²) in [6, 6.07) is 1.93. The molecule has 1 aromatic heterocycles. The van der Waals surface area contributed by atoms with Crippen molar-refractivity contribution in [2.45, 2.75) is 32.7 Å². The third kappa shape index (κ3) is 5.26. The van der Waals surface area contributed by atoms with Crippen LogP contribution < -0.4 is 16.0 Å². The van der Waals surface area contributed by atoms with Gasteiger partial charge in [-0.15, -0.1) is 24.8 Å². The molecular formula is C14H25Cl2N5O. The minimum atomic E-state index is -0.522. The molecule has 0 radical (unpaired) electrons. The number of carbonyl (C=O) groups is 1. The highest BCUT2D eigenvalue weighted by Crippen LogP contribution is 2.18. The summed E-state index contributed by atoms with van der Waals surface area (Å²) in [4.78, 5) is 22.8. The maximum absolute atomic E-state index is 12.2. The van der Waals surface area contributed by atoms with E-state index in [1.165, 1.54) is 0 Å². The maximum atomic E-state index is 12.2. The molecule has 22 heavy (non-hydrogen) atoms. The topological polar surface area (TPSA) is 84.1 Å². The minimum Gasteiger partial charge on any atom is -0.351 e. The minimum absolute atomic E-state index is 0. The second kappa shape index (κ2) is 9.12. The van der Waals surface area contributed by atoms with E-state index < -0.39 is 5.41 Å². The number of amides is 1. The van der Waals surface area contributed by atoms with Gasteiger partial charge in [-0.1, -0.05) is 0 Å². The van der Waals surface area contributed by atoms with Gasteiger partial charge in [0, 0.05) is 38.1 Å². The van der Waals surface area contributed by atoms with Crippen LogP contribution in [0.3, 0.4) is 0 Å². The predicted octanol–water partition coefficient (Wildman–Crippen LogP) is 1.39. The number of nitrogens with two attached hydrogens (primary N) is 1. The Balaban J connectivity index is 0.00000220. The van der Waals surface area contributed by atoms with Crippen LogP contribution in [0.2, 0.25) is 0 Å². The quantitative estimate of drug-likeness (QED) is 0.857. The highest BCUT2D eigenvalue weighted by Gasteiger charge is 2.30. The molecule has 1 aliphatic heterocycles. The number of nitrogens with one attached hydrogen (secondary N) is 1. The maximum Gasteiger partial charge on any atom is 0.227 e. The highest BCUT2D eigenvalue weighted by molar-refractivity contribution is 5.85. The summed E-state index contributed by atoms with van der Waals surface area (Å²) in [6.45, 7) is 5.75. The van der Waals surface area contributed by atoms with Crippen LogP contribution in [-0.4, -0.2) is 41.6 Å². The van der Waals surface area contributed by atoms with E-state index in [0.29, 0.717) is 6.54 Å². The fraction of sp³-hybridized carbons (Fsp3) is 0.643. The zero-order valence-corrected chi connectivity index (χ0v) is 14.6. The Hall–Kier alpha value is -1.11. The average Bonchev–Trinajstić information content (AvgIpc) is 2.48. The van der Waals surface area contributed by atoms with Crippen molar-refractivity contribution in [3.63, 3.8) is 0 Å². The lowest BCUT2D eigenvalue weighted by Gasteiger charge is -2.34. The van der Waals surface area contributed by atoms with Crippen molar-refractivity contribution in [1.29, 1.82) is 0 Å². The van der Waals surface area contributed by atoms with Crippen molar-refractivity contribution in [2.75, 3.05) is 24.5 Å². The third-order valence-electron chi connectivity index (χ3n) is 3.72. The molecule has 0 bridgehead atoms. The van der Waals surface area contributed by atoms with E-state index in [9.17, 15) is 4.79 Å². The first-order chi connectivity index (χ1) is 9.53. The van der Waals surface area contributed by atoms with Gasteiger partial charge in [-0.25, -0.2) is 9.97 Å². The normalized spacial score (nSPS) is 18.0. The van der Waals surface area contributed by atoms with Gasteiger partial charge < -0.3 is 16.0 Å². The predicted molar refractivity (Wildman–Crippen MR) is 92.7 cm³/mol. The first-order valence-corrected chi connectivity index (χ1v) is 7.06. The average molecular weight is 350 g/mol.